The second-order valence-electron chi connectivity index (χ2n) is 7.11. The number of Topliss-reactive ketones (excluding diaryl/α,β-unsaturated/α-hetero) is 1. The number of hydrogen-bond acceptors (Lipinski definition) is 4. The molecule has 0 radical (unpaired) electrons. The van der Waals surface area contributed by atoms with Crippen molar-refractivity contribution < 1.29 is 9.59 Å². The van der Waals surface area contributed by atoms with Crippen molar-refractivity contribution in [2.75, 3.05) is 5.32 Å². The van der Waals surface area contributed by atoms with E-state index in [1.54, 1.807) is 12.1 Å². The van der Waals surface area contributed by atoms with E-state index in [0.717, 1.165) is 22.3 Å². The van der Waals surface area contributed by atoms with Crippen LogP contribution in [0.2, 0.25) is 0 Å². The number of amides is 1. The minimum Gasteiger partial charge on any atom is -0.326 e. The molecule has 0 saturated heterocycles. The molecule has 1 amide bonds. The van der Waals surface area contributed by atoms with Crippen molar-refractivity contribution in [3.05, 3.63) is 95.0 Å². The van der Waals surface area contributed by atoms with Crippen LogP contribution < -0.4 is 5.32 Å². The van der Waals surface area contributed by atoms with Crippen molar-refractivity contribution in [2.24, 2.45) is 0 Å². The van der Waals surface area contributed by atoms with Crippen molar-refractivity contribution in [1.29, 1.82) is 0 Å². The Labute approximate surface area is 179 Å². The second-order valence-corrected chi connectivity index (χ2v) is 8.17. The summed E-state index contributed by atoms with van der Waals surface area (Å²) in [5.41, 5.74) is 3.37. The number of rotatable bonds is 7. The summed E-state index contributed by atoms with van der Waals surface area (Å²) in [7, 11) is 0. The first-order chi connectivity index (χ1) is 14.6. The van der Waals surface area contributed by atoms with E-state index in [4.69, 9.17) is 0 Å². The number of nitrogens with zero attached hydrogens (tertiary/aromatic N) is 1. The molecule has 1 heterocycles. The number of ketones is 1. The van der Waals surface area contributed by atoms with E-state index in [1.807, 2.05) is 66.7 Å². The molecule has 0 aliphatic heterocycles. The molecule has 0 aliphatic rings. The van der Waals surface area contributed by atoms with Gasteiger partial charge in [0.15, 0.2) is 5.78 Å². The number of carbonyl (C=O) groups excluding carboxylic acids is 2. The fourth-order valence-electron chi connectivity index (χ4n) is 3.36. The van der Waals surface area contributed by atoms with Crippen molar-refractivity contribution in [1.82, 2.24) is 4.98 Å². The minimum atomic E-state index is -0.625. The molecule has 30 heavy (non-hydrogen) atoms. The average Bonchev–Trinajstić information content (AvgIpc) is 3.22. The molecule has 0 bridgehead atoms. The molecule has 0 aliphatic carbocycles. The molecule has 0 spiro atoms. The van der Waals surface area contributed by atoms with E-state index in [-0.39, 0.29) is 18.1 Å². The standard InChI is InChI=1S/C25H22N2O2S/c1-2-17-12-14-19(15-13-17)26-23(28)16-20(24(29)18-8-4-3-5-9-18)25-27-21-10-6-7-11-22(21)30-25/h3-15,20H,2,16H2,1H3,(H,26,28)/t20-/m1/s1. The van der Waals surface area contributed by atoms with Gasteiger partial charge in [0.25, 0.3) is 0 Å². The summed E-state index contributed by atoms with van der Waals surface area (Å²) >= 11 is 1.47. The van der Waals surface area contributed by atoms with E-state index in [2.05, 4.69) is 17.2 Å². The molecule has 4 nitrogen and oxygen atoms in total. The van der Waals surface area contributed by atoms with Crippen LogP contribution in [-0.2, 0) is 11.2 Å². The van der Waals surface area contributed by atoms with Gasteiger partial charge in [-0.15, -0.1) is 11.3 Å². The number of nitrogens with one attached hydrogen (secondary N) is 1. The van der Waals surface area contributed by atoms with Crippen LogP contribution in [0.1, 0.15) is 40.2 Å². The third-order valence-corrected chi connectivity index (χ3v) is 6.17. The van der Waals surface area contributed by atoms with Gasteiger partial charge in [0.2, 0.25) is 5.91 Å². The monoisotopic (exact) mass is 414 g/mol. The number of aryl methyl sites for hydroxylation is 1. The fraction of sp³-hybridized carbons (Fsp3) is 0.160. The highest BCUT2D eigenvalue weighted by Gasteiger charge is 2.28. The predicted octanol–water partition coefficient (Wildman–Crippen LogP) is 5.85. The first-order valence-electron chi connectivity index (χ1n) is 9.97. The maximum absolute atomic E-state index is 13.3. The first-order valence-corrected chi connectivity index (χ1v) is 10.8. The molecule has 4 rings (SSSR count). The molecular formula is C25H22N2O2S. The zero-order chi connectivity index (χ0) is 20.9. The van der Waals surface area contributed by atoms with Gasteiger partial charge >= 0.3 is 0 Å². The van der Waals surface area contributed by atoms with Gasteiger partial charge < -0.3 is 5.32 Å². The van der Waals surface area contributed by atoms with Crippen LogP contribution in [0.4, 0.5) is 5.69 Å². The van der Waals surface area contributed by atoms with Crippen molar-refractivity contribution in [3.8, 4) is 0 Å². The average molecular weight is 415 g/mol. The number of hydrogen-bond donors (Lipinski definition) is 1. The van der Waals surface area contributed by atoms with Gasteiger partial charge in [0, 0.05) is 17.7 Å². The van der Waals surface area contributed by atoms with Crippen LogP contribution in [0.3, 0.4) is 0 Å². The van der Waals surface area contributed by atoms with Crippen LogP contribution in [-0.4, -0.2) is 16.7 Å². The van der Waals surface area contributed by atoms with Gasteiger partial charge in [-0.2, -0.15) is 0 Å². The molecule has 5 heteroatoms. The van der Waals surface area contributed by atoms with Crippen LogP contribution in [0.5, 0.6) is 0 Å². The smallest absolute Gasteiger partial charge is 0.225 e. The number of carbonyl (C=O) groups is 2. The topological polar surface area (TPSA) is 59.1 Å². The van der Waals surface area contributed by atoms with E-state index in [0.29, 0.717) is 10.6 Å². The largest absolute Gasteiger partial charge is 0.326 e. The molecule has 0 saturated carbocycles. The van der Waals surface area contributed by atoms with Crippen LogP contribution >= 0.6 is 11.3 Å². The Morgan fingerprint density at radius 3 is 2.33 bits per heavy atom. The summed E-state index contributed by atoms with van der Waals surface area (Å²) in [6.45, 7) is 2.09. The third kappa shape index (κ3) is 4.47. The number of para-hydroxylation sites is 1. The molecule has 4 aromatic rings. The Bertz CT molecular complexity index is 1130. The maximum atomic E-state index is 13.3. The molecule has 0 fully saturated rings. The van der Waals surface area contributed by atoms with Gasteiger partial charge in [-0.25, -0.2) is 4.98 Å². The van der Waals surface area contributed by atoms with Crippen molar-refractivity contribution >= 4 is 38.9 Å². The predicted molar refractivity (Wildman–Crippen MR) is 122 cm³/mol. The SMILES string of the molecule is CCc1ccc(NC(=O)C[C@H](C(=O)c2ccccc2)c2nc3ccccc3s2)cc1. The zero-order valence-corrected chi connectivity index (χ0v) is 17.5. The summed E-state index contributed by atoms with van der Waals surface area (Å²) in [5.74, 6) is -0.918. The lowest BCUT2D eigenvalue weighted by Crippen LogP contribution is -2.21. The third-order valence-electron chi connectivity index (χ3n) is 5.02. The Kier molecular flexibility index (Phi) is 6.00. The Hall–Kier alpha value is -3.31. The van der Waals surface area contributed by atoms with Gasteiger partial charge in [0.1, 0.15) is 5.01 Å². The second kappa shape index (κ2) is 9.01. The van der Waals surface area contributed by atoms with Gasteiger partial charge in [-0.3, -0.25) is 9.59 Å². The van der Waals surface area contributed by atoms with Gasteiger partial charge in [-0.05, 0) is 36.2 Å². The maximum Gasteiger partial charge on any atom is 0.225 e. The first kappa shape index (κ1) is 20.0. The minimum absolute atomic E-state index is 0.0447. The lowest BCUT2D eigenvalue weighted by molar-refractivity contribution is -0.116. The molecule has 0 unspecified atom stereocenters. The molecule has 1 N–H and O–H groups in total. The Balaban J connectivity index is 1.60. The summed E-state index contributed by atoms with van der Waals surface area (Å²) in [6, 6.07) is 24.7. The highest BCUT2D eigenvalue weighted by atomic mass is 32.1. The molecular weight excluding hydrogens is 392 g/mol. The van der Waals surface area contributed by atoms with Crippen molar-refractivity contribution in [2.45, 2.75) is 25.7 Å². The normalized spacial score (nSPS) is 11.9. The zero-order valence-electron chi connectivity index (χ0n) is 16.7. The Morgan fingerprint density at radius 2 is 1.63 bits per heavy atom. The lowest BCUT2D eigenvalue weighted by Gasteiger charge is -2.14. The summed E-state index contributed by atoms with van der Waals surface area (Å²) in [6.07, 6.45) is 0.989. The number of anilines is 1. The van der Waals surface area contributed by atoms with E-state index in [1.165, 1.54) is 16.9 Å². The van der Waals surface area contributed by atoms with E-state index in [9.17, 15) is 9.59 Å². The number of thiazole rings is 1. The number of aromatic nitrogens is 1. The highest BCUT2D eigenvalue weighted by molar-refractivity contribution is 7.18. The quantitative estimate of drug-likeness (QED) is 0.386. The van der Waals surface area contributed by atoms with Gasteiger partial charge in [0.05, 0.1) is 16.1 Å². The highest BCUT2D eigenvalue weighted by Crippen LogP contribution is 2.32. The van der Waals surface area contributed by atoms with Gasteiger partial charge in [-0.1, -0.05) is 61.5 Å². The molecule has 1 atom stereocenters. The van der Waals surface area contributed by atoms with Crippen LogP contribution in [0.25, 0.3) is 10.2 Å². The van der Waals surface area contributed by atoms with Crippen molar-refractivity contribution in [3.63, 3.8) is 0 Å². The fourth-order valence-corrected chi connectivity index (χ4v) is 4.42. The number of fused-ring (bicyclic) bond motifs is 1. The van der Waals surface area contributed by atoms with Crippen LogP contribution in [0, 0.1) is 0 Å². The summed E-state index contributed by atoms with van der Waals surface area (Å²) in [4.78, 5) is 30.8. The summed E-state index contributed by atoms with van der Waals surface area (Å²) in [5, 5.41) is 3.59. The lowest BCUT2D eigenvalue weighted by atomic mass is 9.94. The molecule has 150 valence electrons. The van der Waals surface area contributed by atoms with E-state index >= 15 is 0 Å². The molecule has 3 aromatic carbocycles. The Morgan fingerprint density at radius 1 is 0.933 bits per heavy atom. The summed E-state index contributed by atoms with van der Waals surface area (Å²) < 4.78 is 1.01. The van der Waals surface area contributed by atoms with E-state index < -0.39 is 5.92 Å². The number of benzene rings is 3. The molecule has 1 aromatic heterocycles. The van der Waals surface area contributed by atoms with Crippen LogP contribution in [0.15, 0.2) is 78.9 Å².